The van der Waals surface area contributed by atoms with E-state index in [2.05, 4.69) is 43.0 Å². The van der Waals surface area contributed by atoms with Gasteiger partial charge in [0.05, 0.1) is 0 Å². The Morgan fingerprint density at radius 3 is 2.30 bits per heavy atom. The first-order valence-corrected chi connectivity index (χ1v) is 11.3. The number of para-hydroxylation sites is 1. The number of hydrogen-bond acceptors (Lipinski definition) is 3. The van der Waals surface area contributed by atoms with Gasteiger partial charge in [-0.2, -0.15) is 0 Å². The van der Waals surface area contributed by atoms with E-state index in [-0.39, 0.29) is 12.5 Å². The van der Waals surface area contributed by atoms with Crippen LogP contribution in [0.25, 0.3) is 0 Å². The van der Waals surface area contributed by atoms with E-state index in [1.807, 2.05) is 6.92 Å². The van der Waals surface area contributed by atoms with Crippen LogP contribution in [-0.4, -0.2) is 30.5 Å². The molecule has 0 radical (unpaired) electrons. The van der Waals surface area contributed by atoms with Gasteiger partial charge in [-0.3, -0.25) is 4.90 Å². The first-order chi connectivity index (χ1) is 13.2. The molecule has 3 nitrogen and oxygen atoms in total. The molecule has 0 aliphatic carbocycles. The number of rotatable bonds is 13. The Morgan fingerprint density at radius 2 is 1.56 bits per heavy atom. The Labute approximate surface area is 167 Å². The molecule has 3 heteroatoms. The van der Waals surface area contributed by atoms with Gasteiger partial charge in [-0.1, -0.05) is 70.1 Å². The topological polar surface area (TPSA) is 21.7 Å². The molecule has 1 aromatic rings. The van der Waals surface area contributed by atoms with Crippen LogP contribution in [-0.2, 0) is 11.2 Å². The third-order valence-corrected chi connectivity index (χ3v) is 5.61. The molecule has 1 heterocycles. The highest BCUT2D eigenvalue weighted by Crippen LogP contribution is 2.23. The molecular weight excluding hydrogens is 334 g/mol. The quantitative estimate of drug-likeness (QED) is 0.288. The highest BCUT2D eigenvalue weighted by Gasteiger charge is 2.20. The number of benzene rings is 1. The van der Waals surface area contributed by atoms with Gasteiger partial charge in [0.2, 0.25) is 0 Å². The summed E-state index contributed by atoms with van der Waals surface area (Å²) in [6, 6.07) is 8.46. The van der Waals surface area contributed by atoms with Gasteiger partial charge in [0.1, 0.15) is 12.0 Å². The maximum absolute atomic E-state index is 6.17. The Kier molecular flexibility index (Phi) is 10.8. The normalized spacial score (nSPS) is 17.6. The van der Waals surface area contributed by atoms with Crippen molar-refractivity contribution in [2.24, 2.45) is 0 Å². The minimum absolute atomic E-state index is 0.121. The first-order valence-electron chi connectivity index (χ1n) is 11.3. The summed E-state index contributed by atoms with van der Waals surface area (Å²) in [6.45, 7) is 8.72. The Bertz CT molecular complexity index is 499. The highest BCUT2D eigenvalue weighted by molar-refractivity contribution is 5.33. The molecule has 27 heavy (non-hydrogen) atoms. The molecule has 0 bridgehead atoms. The zero-order chi connectivity index (χ0) is 19.3. The highest BCUT2D eigenvalue weighted by atomic mass is 16.7. The molecule has 2 unspecified atom stereocenters. The molecule has 0 spiro atoms. The fraction of sp³-hybridized carbons (Fsp3) is 0.750. The molecule has 2 rings (SSSR count). The second kappa shape index (κ2) is 13.2. The summed E-state index contributed by atoms with van der Waals surface area (Å²) >= 11 is 0. The van der Waals surface area contributed by atoms with Crippen molar-refractivity contribution in [3.8, 4) is 5.75 Å². The van der Waals surface area contributed by atoms with E-state index >= 15 is 0 Å². The standard InChI is InChI=1S/C24H41NO2/c1-4-5-6-7-8-9-11-16-23-17-12-13-18-24(23)27-22(3)26-21(2)25-19-14-10-15-20-25/h12-13,17-18,21-22H,4-11,14-16,19-20H2,1-3H3. The first kappa shape index (κ1) is 22.2. The van der Waals surface area contributed by atoms with Gasteiger partial charge < -0.3 is 9.47 Å². The molecule has 1 aliphatic heterocycles. The van der Waals surface area contributed by atoms with E-state index in [0.717, 1.165) is 25.3 Å². The summed E-state index contributed by atoms with van der Waals surface area (Å²) in [7, 11) is 0. The molecule has 1 fully saturated rings. The lowest BCUT2D eigenvalue weighted by Crippen LogP contribution is -2.41. The van der Waals surface area contributed by atoms with Crippen LogP contribution in [0.3, 0.4) is 0 Å². The maximum Gasteiger partial charge on any atom is 0.198 e. The summed E-state index contributed by atoms with van der Waals surface area (Å²) in [4.78, 5) is 2.42. The molecule has 2 atom stereocenters. The number of ether oxygens (including phenoxy) is 2. The van der Waals surface area contributed by atoms with Crippen molar-refractivity contribution in [2.75, 3.05) is 13.1 Å². The summed E-state index contributed by atoms with van der Waals surface area (Å²) in [6.07, 6.45) is 14.3. The lowest BCUT2D eigenvalue weighted by Gasteiger charge is -2.33. The van der Waals surface area contributed by atoms with Crippen LogP contribution >= 0.6 is 0 Å². The van der Waals surface area contributed by atoms with Gasteiger partial charge in [0, 0.05) is 13.1 Å². The van der Waals surface area contributed by atoms with Crippen molar-refractivity contribution in [3.05, 3.63) is 29.8 Å². The summed E-state index contributed by atoms with van der Waals surface area (Å²) in [5, 5.41) is 0. The van der Waals surface area contributed by atoms with E-state index in [1.165, 1.54) is 69.8 Å². The van der Waals surface area contributed by atoms with Crippen LogP contribution in [0.5, 0.6) is 5.75 Å². The SMILES string of the molecule is CCCCCCCCCc1ccccc1OC(C)OC(C)N1CCCCC1. The molecular formula is C24H41NO2. The second-order valence-electron chi connectivity index (χ2n) is 8.00. The largest absolute Gasteiger partial charge is 0.465 e. The van der Waals surface area contributed by atoms with Gasteiger partial charge in [0.25, 0.3) is 0 Å². The lowest BCUT2D eigenvalue weighted by atomic mass is 10.0. The van der Waals surface area contributed by atoms with Crippen molar-refractivity contribution in [2.45, 2.75) is 104 Å². The number of piperidine rings is 1. The molecule has 0 N–H and O–H groups in total. The van der Waals surface area contributed by atoms with Crippen molar-refractivity contribution in [1.82, 2.24) is 4.90 Å². The van der Waals surface area contributed by atoms with E-state index in [0.29, 0.717) is 0 Å². The number of likely N-dealkylation sites (tertiary alicyclic amines) is 1. The van der Waals surface area contributed by atoms with E-state index in [9.17, 15) is 0 Å². The van der Waals surface area contributed by atoms with Crippen molar-refractivity contribution in [3.63, 3.8) is 0 Å². The molecule has 1 aromatic carbocycles. The molecule has 0 amide bonds. The predicted octanol–water partition coefficient (Wildman–Crippen LogP) is 6.55. The zero-order valence-corrected chi connectivity index (χ0v) is 17.9. The van der Waals surface area contributed by atoms with E-state index in [1.54, 1.807) is 0 Å². The summed E-state index contributed by atoms with van der Waals surface area (Å²) < 4.78 is 12.3. The van der Waals surface area contributed by atoms with Gasteiger partial charge in [-0.25, -0.2) is 0 Å². The van der Waals surface area contributed by atoms with Crippen LogP contribution in [0, 0.1) is 0 Å². The predicted molar refractivity (Wildman–Crippen MR) is 114 cm³/mol. The van der Waals surface area contributed by atoms with E-state index < -0.39 is 0 Å². The van der Waals surface area contributed by atoms with Crippen LogP contribution in [0.2, 0.25) is 0 Å². The van der Waals surface area contributed by atoms with Gasteiger partial charge in [-0.05, 0) is 51.2 Å². The van der Waals surface area contributed by atoms with Crippen LogP contribution in [0.4, 0.5) is 0 Å². The van der Waals surface area contributed by atoms with Crippen LogP contribution in [0.15, 0.2) is 24.3 Å². The van der Waals surface area contributed by atoms with Gasteiger partial charge >= 0.3 is 0 Å². The number of unbranched alkanes of at least 4 members (excludes halogenated alkanes) is 6. The lowest BCUT2D eigenvalue weighted by molar-refractivity contribution is -0.156. The zero-order valence-electron chi connectivity index (χ0n) is 17.9. The van der Waals surface area contributed by atoms with Crippen molar-refractivity contribution in [1.29, 1.82) is 0 Å². The van der Waals surface area contributed by atoms with Gasteiger partial charge in [0.15, 0.2) is 6.29 Å². The molecule has 1 saturated heterocycles. The third-order valence-electron chi connectivity index (χ3n) is 5.61. The number of hydrogen-bond donors (Lipinski definition) is 0. The Balaban J connectivity index is 1.73. The Morgan fingerprint density at radius 1 is 0.889 bits per heavy atom. The number of nitrogens with zero attached hydrogens (tertiary/aromatic N) is 1. The molecule has 154 valence electrons. The minimum atomic E-state index is -0.225. The Hall–Kier alpha value is -1.06. The van der Waals surface area contributed by atoms with Crippen LogP contribution in [0.1, 0.15) is 90.5 Å². The van der Waals surface area contributed by atoms with Gasteiger partial charge in [-0.15, -0.1) is 0 Å². The van der Waals surface area contributed by atoms with Crippen LogP contribution < -0.4 is 4.74 Å². The average Bonchev–Trinajstić information content (AvgIpc) is 2.69. The summed E-state index contributed by atoms with van der Waals surface area (Å²) in [5.74, 6) is 0.988. The number of aryl methyl sites for hydroxylation is 1. The fourth-order valence-corrected chi connectivity index (χ4v) is 3.95. The second-order valence-corrected chi connectivity index (χ2v) is 8.00. The van der Waals surface area contributed by atoms with Crippen molar-refractivity contribution >= 4 is 0 Å². The maximum atomic E-state index is 6.17. The summed E-state index contributed by atoms with van der Waals surface area (Å²) in [5.41, 5.74) is 1.31. The minimum Gasteiger partial charge on any atom is -0.465 e. The average molecular weight is 376 g/mol. The monoisotopic (exact) mass is 375 g/mol. The van der Waals surface area contributed by atoms with Crippen molar-refractivity contribution < 1.29 is 9.47 Å². The van der Waals surface area contributed by atoms with E-state index in [4.69, 9.17) is 9.47 Å². The molecule has 0 aromatic heterocycles. The molecule has 0 saturated carbocycles. The smallest absolute Gasteiger partial charge is 0.198 e. The molecule has 1 aliphatic rings. The third kappa shape index (κ3) is 8.66. The fourth-order valence-electron chi connectivity index (χ4n) is 3.95.